The van der Waals surface area contributed by atoms with Gasteiger partial charge in [-0.05, 0) is 29.3 Å². The number of anilines is 1. The highest BCUT2D eigenvalue weighted by atomic mass is 16.5. The topological polar surface area (TPSA) is 59.0 Å². The third kappa shape index (κ3) is 3.55. The molecule has 0 radical (unpaired) electrons. The molecule has 5 heteroatoms. The summed E-state index contributed by atoms with van der Waals surface area (Å²) in [5.74, 6) is -0.871. The molecule has 1 atom stereocenters. The number of nitrogens with zero attached hydrogens (tertiary/aromatic N) is 2. The van der Waals surface area contributed by atoms with Gasteiger partial charge in [0, 0.05) is 11.8 Å². The first-order valence-corrected chi connectivity index (χ1v) is 9.35. The Bertz CT molecular complexity index is 1080. The number of aliphatic imine (C=N–C) groups is 1. The van der Waals surface area contributed by atoms with Gasteiger partial charge in [0.1, 0.15) is 5.75 Å². The molecule has 0 saturated heterocycles. The van der Waals surface area contributed by atoms with E-state index in [9.17, 15) is 9.59 Å². The molecule has 2 amide bonds. The lowest BCUT2D eigenvalue weighted by atomic mass is 9.88. The minimum atomic E-state index is -0.641. The number of hydrogen-bond donors (Lipinski definition) is 0. The minimum Gasteiger partial charge on any atom is -0.495 e. The van der Waals surface area contributed by atoms with Crippen molar-refractivity contribution in [1.82, 2.24) is 0 Å². The number of carbonyl (C=O) groups is 2. The molecule has 0 spiro atoms. The molecular formula is C24H20N2O3. The quantitative estimate of drug-likeness (QED) is 0.488. The fraction of sp³-hybridized carbons (Fsp3) is 0.125. The summed E-state index contributed by atoms with van der Waals surface area (Å²) >= 11 is 0. The van der Waals surface area contributed by atoms with Crippen LogP contribution in [0.5, 0.6) is 5.75 Å². The summed E-state index contributed by atoms with van der Waals surface area (Å²) in [5, 5.41) is 0. The van der Waals surface area contributed by atoms with Gasteiger partial charge in [0.25, 0.3) is 5.91 Å². The van der Waals surface area contributed by atoms with Crippen molar-refractivity contribution in [3.8, 4) is 5.75 Å². The van der Waals surface area contributed by atoms with Crippen molar-refractivity contribution in [2.45, 2.75) is 12.5 Å². The predicted molar refractivity (Wildman–Crippen MR) is 113 cm³/mol. The summed E-state index contributed by atoms with van der Waals surface area (Å²) in [6, 6.07) is 24.0. The lowest BCUT2D eigenvalue weighted by Gasteiger charge is -2.31. The van der Waals surface area contributed by atoms with E-state index in [0.29, 0.717) is 29.1 Å². The molecule has 1 aliphatic rings. The van der Waals surface area contributed by atoms with E-state index in [4.69, 9.17) is 4.74 Å². The molecule has 0 unspecified atom stereocenters. The van der Waals surface area contributed by atoms with Crippen molar-refractivity contribution in [2.75, 3.05) is 12.0 Å². The van der Waals surface area contributed by atoms with Crippen LogP contribution in [0.25, 0.3) is 0 Å². The Kier molecular flexibility index (Phi) is 5.20. The Morgan fingerprint density at radius 1 is 0.931 bits per heavy atom. The maximum atomic E-state index is 13.4. The highest BCUT2D eigenvalue weighted by molar-refractivity contribution is 6.29. The molecular weight excluding hydrogens is 364 g/mol. The number of amides is 2. The molecule has 4 rings (SSSR count). The van der Waals surface area contributed by atoms with Gasteiger partial charge in [-0.15, -0.1) is 0 Å². The van der Waals surface area contributed by atoms with Crippen LogP contribution in [-0.2, 0) is 11.3 Å². The molecule has 5 nitrogen and oxygen atoms in total. The second-order valence-corrected chi connectivity index (χ2v) is 6.69. The van der Waals surface area contributed by atoms with E-state index in [1.807, 2.05) is 42.5 Å². The van der Waals surface area contributed by atoms with Crippen molar-refractivity contribution < 1.29 is 14.3 Å². The summed E-state index contributed by atoms with van der Waals surface area (Å²) in [7, 11) is 1.52. The zero-order valence-electron chi connectivity index (χ0n) is 16.0. The smallest absolute Gasteiger partial charge is 0.265 e. The number of rotatable bonds is 5. The van der Waals surface area contributed by atoms with Gasteiger partial charge >= 0.3 is 0 Å². The van der Waals surface area contributed by atoms with Crippen LogP contribution < -0.4 is 9.64 Å². The van der Waals surface area contributed by atoms with Crippen molar-refractivity contribution >= 4 is 23.7 Å². The van der Waals surface area contributed by atoms with E-state index in [1.54, 1.807) is 42.6 Å². The van der Waals surface area contributed by atoms with E-state index in [1.165, 1.54) is 12.0 Å². The lowest BCUT2D eigenvalue weighted by molar-refractivity contribution is -0.118. The lowest BCUT2D eigenvalue weighted by Crippen LogP contribution is -2.45. The van der Waals surface area contributed by atoms with Crippen LogP contribution in [0.15, 0.2) is 83.9 Å². The van der Waals surface area contributed by atoms with E-state index >= 15 is 0 Å². The molecule has 3 aromatic carbocycles. The number of carbonyl (C=O) groups excluding carboxylic acids is 2. The van der Waals surface area contributed by atoms with Crippen LogP contribution >= 0.6 is 0 Å². The predicted octanol–water partition coefficient (Wildman–Crippen LogP) is 4.24. The Hall–Kier alpha value is -3.73. The standard InChI is InChI=1S/C24H20N2O3/c1-29-22-14-8-7-13-21(22)26-23(27)19-12-6-5-11-18(19)20(24(26)28)16-25-15-17-9-3-2-4-10-17/h2-14,16,20H,15H2,1H3/t20-/m1/s1. The van der Waals surface area contributed by atoms with Crippen LogP contribution in [0.4, 0.5) is 5.69 Å². The first kappa shape index (κ1) is 18.6. The minimum absolute atomic E-state index is 0.338. The summed E-state index contributed by atoms with van der Waals surface area (Å²) in [6.45, 7) is 0.468. The zero-order valence-corrected chi connectivity index (χ0v) is 16.0. The molecule has 0 N–H and O–H groups in total. The normalized spacial score (nSPS) is 16.2. The highest BCUT2D eigenvalue weighted by Crippen LogP contribution is 2.36. The average molecular weight is 384 g/mol. The number of benzene rings is 3. The number of imide groups is 1. The monoisotopic (exact) mass is 384 g/mol. The summed E-state index contributed by atoms with van der Waals surface area (Å²) < 4.78 is 5.38. The van der Waals surface area contributed by atoms with Crippen molar-refractivity contribution in [2.24, 2.45) is 4.99 Å². The maximum Gasteiger partial charge on any atom is 0.265 e. The van der Waals surface area contributed by atoms with Crippen LogP contribution in [-0.4, -0.2) is 25.1 Å². The van der Waals surface area contributed by atoms with Gasteiger partial charge < -0.3 is 4.74 Å². The average Bonchev–Trinajstić information content (AvgIpc) is 2.77. The third-order valence-corrected chi connectivity index (χ3v) is 4.91. The van der Waals surface area contributed by atoms with Crippen LogP contribution in [0, 0.1) is 0 Å². The number of hydrogen-bond acceptors (Lipinski definition) is 4. The molecule has 0 saturated carbocycles. The molecule has 0 aliphatic carbocycles. The van der Waals surface area contributed by atoms with Gasteiger partial charge in [-0.25, -0.2) is 4.90 Å². The van der Waals surface area contributed by atoms with Gasteiger partial charge in [-0.3, -0.25) is 14.6 Å². The van der Waals surface area contributed by atoms with E-state index in [0.717, 1.165) is 5.56 Å². The van der Waals surface area contributed by atoms with Gasteiger partial charge in [0.2, 0.25) is 5.91 Å². The van der Waals surface area contributed by atoms with E-state index in [-0.39, 0.29) is 11.8 Å². The highest BCUT2D eigenvalue weighted by Gasteiger charge is 2.39. The number of methoxy groups -OCH3 is 1. The SMILES string of the molecule is COc1ccccc1N1C(=O)c2ccccc2[C@@H](C=NCc2ccccc2)C1=O. The van der Waals surface area contributed by atoms with Gasteiger partial charge in [0.15, 0.2) is 0 Å². The molecule has 0 fully saturated rings. The van der Waals surface area contributed by atoms with Gasteiger partial charge in [-0.1, -0.05) is 60.7 Å². The first-order valence-electron chi connectivity index (χ1n) is 9.35. The molecule has 0 aromatic heterocycles. The van der Waals surface area contributed by atoms with Gasteiger partial charge in [0.05, 0.1) is 25.3 Å². The number of para-hydroxylation sites is 2. The number of ether oxygens (including phenoxy) is 1. The van der Waals surface area contributed by atoms with Crippen molar-refractivity contribution in [3.63, 3.8) is 0 Å². The third-order valence-electron chi connectivity index (χ3n) is 4.91. The van der Waals surface area contributed by atoms with Crippen molar-refractivity contribution in [1.29, 1.82) is 0 Å². The molecule has 144 valence electrons. The van der Waals surface area contributed by atoms with Crippen LogP contribution in [0.2, 0.25) is 0 Å². The molecule has 0 bridgehead atoms. The Morgan fingerprint density at radius 3 is 2.41 bits per heavy atom. The van der Waals surface area contributed by atoms with E-state index in [2.05, 4.69) is 4.99 Å². The van der Waals surface area contributed by atoms with Gasteiger partial charge in [-0.2, -0.15) is 0 Å². The van der Waals surface area contributed by atoms with Crippen LogP contribution in [0.3, 0.4) is 0 Å². The number of fused-ring (bicyclic) bond motifs is 1. The summed E-state index contributed by atoms with van der Waals surface area (Å²) in [5.41, 5.74) is 2.65. The van der Waals surface area contributed by atoms with Crippen molar-refractivity contribution in [3.05, 3.63) is 95.6 Å². The van der Waals surface area contributed by atoms with E-state index < -0.39 is 5.92 Å². The Balaban J connectivity index is 1.73. The van der Waals surface area contributed by atoms with Crippen LogP contribution in [0.1, 0.15) is 27.4 Å². The fourth-order valence-electron chi connectivity index (χ4n) is 3.49. The Morgan fingerprint density at radius 2 is 1.62 bits per heavy atom. The molecule has 29 heavy (non-hydrogen) atoms. The summed E-state index contributed by atoms with van der Waals surface area (Å²) in [6.07, 6.45) is 1.64. The molecule has 3 aromatic rings. The second kappa shape index (κ2) is 8.10. The maximum absolute atomic E-state index is 13.4. The zero-order chi connectivity index (χ0) is 20.2. The summed E-state index contributed by atoms with van der Waals surface area (Å²) in [4.78, 5) is 32.2. The largest absolute Gasteiger partial charge is 0.495 e. The molecule has 1 heterocycles. The fourth-order valence-corrected chi connectivity index (χ4v) is 3.49. The Labute approximate surface area is 169 Å². The second-order valence-electron chi connectivity index (χ2n) is 6.69. The first-order chi connectivity index (χ1) is 14.2. The molecule has 1 aliphatic heterocycles.